The number of nitrogens with zero attached hydrogens (tertiary/aromatic N) is 1. The summed E-state index contributed by atoms with van der Waals surface area (Å²) in [4.78, 5) is 16.9. The van der Waals surface area contributed by atoms with Gasteiger partial charge in [0.05, 0.1) is 27.0 Å². The topological polar surface area (TPSA) is 81.7 Å². The van der Waals surface area contributed by atoms with Crippen molar-refractivity contribution in [1.29, 1.82) is 0 Å². The lowest BCUT2D eigenvalue weighted by atomic mass is 10.2. The van der Waals surface area contributed by atoms with Crippen LogP contribution in [0.2, 0.25) is 0 Å². The zero-order valence-electron chi connectivity index (χ0n) is 16.8. The quantitative estimate of drug-likeness (QED) is 0.619. The number of anilines is 3. The highest BCUT2D eigenvalue weighted by Gasteiger charge is 2.12. The fraction of sp³-hybridized carbons (Fsp3) is 0.182. The van der Waals surface area contributed by atoms with Gasteiger partial charge < -0.3 is 24.8 Å². The molecule has 150 valence electrons. The lowest BCUT2D eigenvalue weighted by Crippen LogP contribution is -2.14. The number of ether oxygens (including phenoxy) is 3. The Morgan fingerprint density at radius 2 is 1.52 bits per heavy atom. The van der Waals surface area contributed by atoms with E-state index in [1.807, 2.05) is 37.3 Å². The molecule has 3 aromatic rings. The third-order valence-electron chi connectivity index (χ3n) is 4.27. The second kappa shape index (κ2) is 8.97. The Kier molecular flexibility index (Phi) is 6.19. The lowest BCUT2D eigenvalue weighted by Gasteiger charge is -2.13. The zero-order valence-corrected chi connectivity index (χ0v) is 16.8. The van der Waals surface area contributed by atoms with E-state index in [-0.39, 0.29) is 11.6 Å². The summed E-state index contributed by atoms with van der Waals surface area (Å²) in [5.74, 6) is 1.50. The molecule has 0 unspecified atom stereocenters. The molecule has 0 bridgehead atoms. The van der Waals surface area contributed by atoms with Gasteiger partial charge in [-0.25, -0.2) is 0 Å². The van der Waals surface area contributed by atoms with Crippen molar-refractivity contribution in [3.05, 3.63) is 66.0 Å². The molecule has 2 aromatic carbocycles. The summed E-state index contributed by atoms with van der Waals surface area (Å²) in [6.45, 7) is 1.95. The van der Waals surface area contributed by atoms with Gasteiger partial charge in [-0.1, -0.05) is 6.07 Å². The Morgan fingerprint density at radius 3 is 2.24 bits per heavy atom. The van der Waals surface area contributed by atoms with Crippen molar-refractivity contribution in [3.63, 3.8) is 0 Å². The van der Waals surface area contributed by atoms with Crippen molar-refractivity contribution in [2.75, 3.05) is 32.0 Å². The van der Waals surface area contributed by atoms with Gasteiger partial charge in [0, 0.05) is 23.6 Å². The molecule has 0 aliphatic heterocycles. The predicted octanol–water partition coefficient (Wildman–Crippen LogP) is 4.41. The molecule has 1 amide bonds. The van der Waals surface area contributed by atoms with E-state index in [4.69, 9.17) is 14.2 Å². The van der Waals surface area contributed by atoms with Crippen LogP contribution in [0, 0.1) is 6.92 Å². The summed E-state index contributed by atoms with van der Waals surface area (Å²) in [6, 6.07) is 14.5. The molecular formula is C22H23N3O4. The molecule has 0 aliphatic carbocycles. The van der Waals surface area contributed by atoms with Crippen LogP contribution < -0.4 is 24.8 Å². The molecule has 0 spiro atoms. The van der Waals surface area contributed by atoms with Crippen LogP contribution in [0.5, 0.6) is 17.2 Å². The van der Waals surface area contributed by atoms with Gasteiger partial charge in [-0.15, -0.1) is 0 Å². The predicted molar refractivity (Wildman–Crippen MR) is 113 cm³/mol. The molecule has 0 saturated heterocycles. The van der Waals surface area contributed by atoms with Crippen LogP contribution in [-0.4, -0.2) is 32.2 Å². The number of pyridine rings is 1. The Balaban J connectivity index is 1.79. The molecular weight excluding hydrogens is 370 g/mol. The number of carbonyl (C=O) groups is 1. The maximum atomic E-state index is 12.7. The number of aryl methyl sites for hydroxylation is 1. The molecule has 0 aliphatic rings. The first-order valence-electron chi connectivity index (χ1n) is 8.95. The van der Waals surface area contributed by atoms with Crippen molar-refractivity contribution in [2.24, 2.45) is 0 Å². The van der Waals surface area contributed by atoms with E-state index >= 15 is 0 Å². The van der Waals surface area contributed by atoms with E-state index in [1.165, 1.54) is 0 Å². The van der Waals surface area contributed by atoms with Gasteiger partial charge in [0.25, 0.3) is 5.91 Å². The number of hydrogen-bond acceptors (Lipinski definition) is 6. The number of nitrogens with one attached hydrogen (secondary N) is 2. The number of aromatic nitrogens is 1. The van der Waals surface area contributed by atoms with E-state index in [1.54, 1.807) is 45.7 Å². The monoisotopic (exact) mass is 393 g/mol. The van der Waals surface area contributed by atoms with E-state index in [0.717, 1.165) is 11.3 Å². The van der Waals surface area contributed by atoms with Crippen LogP contribution in [0.25, 0.3) is 0 Å². The van der Waals surface area contributed by atoms with Crippen LogP contribution in [0.3, 0.4) is 0 Å². The second-order valence-corrected chi connectivity index (χ2v) is 6.28. The standard InChI is InChI=1S/C22H23N3O4/c1-14-5-7-19(27-2)17(11-14)25-22(26)18-12-16(9-10-23-18)24-15-6-8-20(28-3)21(13-15)29-4/h5-13H,1-4H3,(H,23,24)(H,25,26). The molecule has 7 heteroatoms. The Labute approximate surface area is 169 Å². The molecule has 1 heterocycles. The second-order valence-electron chi connectivity index (χ2n) is 6.28. The van der Waals surface area contributed by atoms with Crippen molar-refractivity contribution in [1.82, 2.24) is 4.98 Å². The summed E-state index contributed by atoms with van der Waals surface area (Å²) in [7, 11) is 4.73. The SMILES string of the molecule is COc1ccc(C)cc1NC(=O)c1cc(Nc2ccc(OC)c(OC)c2)ccn1. The highest BCUT2D eigenvalue weighted by molar-refractivity contribution is 6.04. The number of rotatable bonds is 7. The normalized spacial score (nSPS) is 10.2. The van der Waals surface area contributed by atoms with E-state index in [2.05, 4.69) is 15.6 Å². The molecule has 1 aromatic heterocycles. The summed E-state index contributed by atoms with van der Waals surface area (Å²) in [6.07, 6.45) is 1.57. The minimum Gasteiger partial charge on any atom is -0.495 e. The smallest absolute Gasteiger partial charge is 0.274 e. The van der Waals surface area contributed by atoms with Gasteiger partial charge in [0.2, 0.25) is 0 Å². The molecule has 0 fully saturated rings. The van der Waals surface area contributed by atoms with Crippen LogP contribution in [0.15, 0.2) is 54.7 Å². The van der Waals surface area contributed by atoms with Crippen LogP contribution in [0.4, 0.5) is 17.1 Å². The fourth-order valence-electron chi connectivity index (χ4n) is 2.82. The number of benzene rings is 2. The third kappa shape index (κ3) is 4.76. The highest BCUT2D eigenvalue weighted by Crippen LogP contribution is 2.31. The third-order valence-corrected chi connectivity index (χ3v) is 4.27. The van der Waals surface area contributed by atoms with Crippen LogP contribution in [-0.2, 0) is 0 Å². The van der Waals surface area contributed by atoms with Gasteiger partial charge in [-0.05, 0) is 48.9 Å². The average molecular weight is 393 g/mol. The largest absolute Gasteiger partial charge is 0.495 e. The summed E-state index contributed by atoms with van der Waals surface area (Å²) < 4.78 is 15.9. The van der Waals surface area contributed by atoms with E-state index in [0.29, 0.717) is 28.6 Å². The molecule has 2 N–H and O–H groups in total. The summed E-state index contributed by atoms with van der Waals surface area (Å²) in [5, 5.41) is 6.09. The first kappa shape index (κ1) is 20.0. The Morgan fingerprint density at radius 1 is 0.828 bits per heavy atom. The van der Waals surface area contributed by atoms with Crippen LogP contribution >= 0.6 is 0 Å². The molecule has 0 radical (unpaired) electrons. The van der Waals surface area contributed by atoms with Gasteiger partial charge in [-0.3, -0.25) is 9.78 Å². The summed E-state index contributed by atoms with van der Waals surface area (Å²) >= 11 is 0. The molecule has 3 rings (SSSR count). The van der Waals surface area contributed by atoms with Gasteiger partial charge in [0.15, 0.2) is 11.5 Å². The number of hydrogen-bond donors (Lipinski definition) is 2. The molecule has 0 saturated carbocycles. The average Bonchev–Trinajstić information content (AvgIpc) is 2.74. The van der Waals surface area contributed by atoms with E-state index < -0.39 is 0 Å². The number of carbonyl (C=O) groups excluding carboxylic acids is 1. The van der Waals surface area contributed by atoms with Crippen molar-refractivity contribution in [2.45, 2.75) is 6.92 Å². The van der Waals surface area contributed by atoms with Crippen molar-refractivity contribution >= 4 is 23.0 Å². The summed E-state index contributed by atoms with van der Waals surface area (Å²) in [5.41, 5.74) is 3.39. The molecule has 29 heavy (non-hydrogen) atoms. The lowest BCUT2D eigenvalue weighted by molar-refractivity contribution is 0.102. The zero-order chi connectivity index (χ0) is 20.8. The maximum absolute atomic E-state index is 12.7. The minimum absolute atomic E-state index is 0.277. The maximum Gasteiger partial charge on any atom is 0.274 e. The van der Waals surface area contributed by atoms with Crippen LogP contribution in [0.1, 0.15) is 16.1 Å². The van der Waals surface area contributed by atoms with E-state index in [9.17, 15) is 4.79 Å². The fourth-order valence-corrected chi connectivity index (χ4v) is 2.82. The first-order chi connectivity index (χ1) is 14.0. The van der Waals surface area contributed by atoms with Crippen molar-refractivity contribution < 1.29 is 19.0 Å². The van der Waals surface area contributed by atoms with Gasteiger partial charge in [-0.2, -0.15) is 0 Å². The van der Waals surface area contributed by atoms with Crippen molar-refractivity contribution in [3.8, 4) is 17.2 Å². The molecule has 7 nitrogen and oxygen atoms in total. The minimum atomic E-state index is -0.329. The number of methoxy groups -OCH3 is 3. The van der Waals surface area contributed by atoms with Gasteiger partial charge in [0.1, 0.15) is 11.4 Å². The Hall–Kier alpha value is -3.74. The number of amides is 1. The molecule has 0 atom stereocenters. The Bertz CT molecular complexity index is 1020. The highest BCUT2D eigenvalue weighted by atomic mass is 16.5. The first-order valence-corrected chi connectivity index (χ1v) is 8.95. The van der Waals surface area contributed by atoms with Gasteiger partial charge >= 0.3 is 0 Å².